The summed E-state index contributed by atoms with van der Waals surface area (Å²) in [5, 5.41) is 0. The average Bonchev–Trinajstić information content (AvgIpc) is 3.31. The Bertz CT molecular complexity index is 1040. The van der Waals surface area contributed by atoms with Crippen LogP contribution in [-0.2, 0) is 41.7 Å². The van der Waals surface area contributed by atoms with Crippen LogP contribution in [0.15, 0.2) is 60.7 Å². The predicted molar refractivity (Wildman–Crippen MR) is 151 cm³/mol. The van der Waals surface area contributed by atoms with Gasteiger partial charge in [-0.1, -0.05) is 73.5 Å². The van der Waals surface area contributed by atoms with Gasteiger partial charge < -0.3 is 24.0 Å². The third-order valence-electron chi connectivity index (χ3n) is 6.70. The van der Waals surface area contributed by atoms with E-state index in [2.05, 4.69) is 21.6 Å². The van der Waals surface area contributed by atoms with Crippen molar-refractivity contribution < 1.29 is 33.4 Å². The molecule has 0 spiro atoms. The molecule has 1 unspecified atom stereocenters. The highest BCUT2D eigenvalue weighted by molar-refractivity contribution is 5.97. The van der Waals surface area contributed by atoms with Crippen molar-refractivity contribution in [1.82, 2.24) is 9.80 Å². The highest BCUT2D eigenvalue weighted by Gasteiger charge is 2.33. The Labute approximate surface area is 237 Å². The average molecular weight is 555 g/mol. The maximum Gasteiger partial charge on any atom is 0.507 e. The number of benzene rings is 2. The van der Waals surface area contributed by atoms with Crippen LogP contribution in [0.25, 0.3) is 0 Å². The maximum absolute atomic E-state index is 12.4. The standard InChI is InChI=1S/C15H19NO3.C13H17NO.C3H6O3/c1-19-15(18)13-9-5-6-10-16(14(13)17)11-12-7-3-2-4-8-12;15-13-9-5-2-6-10-14(13)11-12-7-3-1-4-8-12;1-5-3(4)6-2/h2-4,7-8,13H,5-6,9-11H2,1H3;1,3-4,7-8H,2,5-6,9-11H2;1-2H3. The molecule has 2 fully saturated rings. The number of esters is 1. The molecule has 2 heterocycles. The fraction of sp³-hybridized carbons (Fsp3) is 0.484. The first-order valence-corrected chi connectivity index (χ1v) is 13.7. The molecule has 40 heavy (non-hydrogen) atoms. The summed E-state index contributed by atoms with van der Waals surface area (Å²) in [4.78, 5) is 49.3. The second-order valence-corrected chi connectivity index (χ2v) is 9.59. The van der Waals surface area contributed by atoms with E-state index in [-0.39, 0.29) is 5.91 Å². The number of rotatable bonds is 5. The number of amides is 2. The molecule has 2 aromatic rings. The zero-order valence-corrected chi connectivity index (χ0v) is 23.9. The van der Waals surface area contributed by atoms with Gasteiger partial charge in [-0.3, -0.25) is 14.4 Å². The van der Waals surface area contributed by atoms with Gasteiger partial charge in [0, 0.05) is 32.6 Å². The molecule has 0 N–H and O–H groups in total. The van der Waals surface area contributed by atoms with Gasteiger partial charge in [0.15, 0.2) is 0 Å². The Kier molecular flexibility index (Phi) is 14.9. The van der Waals surface area contributed by atoms with Gasteiger partial charge in [0.05, 0.1) is 21.3 Å². The van der Waals surface area contributed by atoms with Gasteiger partial charge in [-0.2, -0.15) is 0 Å². The summed E-state index contributed by atoms with van der Waals surface area (Å²) in [6, 6.07) is 20.1. The molecule has 0 bridgehead atoms. The minimum absolute atomic E-state index is 0.104. The minimum Gasteiger partial charge on any atom is -0.468 e. The largest absolute Gasteiger partial charge is 0.507 e. The molecular formula is C31H42N2O7. The molecule has 2 aliphatic heterocycles. The van der Waals surface area contributed by atoms with Gasteiger partial charge >= 0.3 is 12.1 Å². The smallest absolute Gasteiger partial charge is 0.468 e. The number of ether oxygens (including phenoxy) is 3. The Morgan fingerprint density at radius 3 is 1.75 bits per heavy atom. The first kappa shape index (κ1) is 32.3. The van der Waals surface area contributed by atoms with Crippen LogP contribution < -0.4 is 0 Å². The molecule has 4 rings (SSSR count). The zero-order chi connectivity index (χ0) is 29.2. The highest BCUT2D eigenvalue weighted by atomic mass is 16.7. The number of methoxy groups -OCH3 is 3. The molecule has 2 aromatic carbocycles. The summed E-state index contributed by atoms with van der Waals surface area (Å²) in [7, 11) is 3.85. The summed E-state index contributed by atoms with van der Waals surface area (Å²) < 4.78 is 12.8. The van der Waals surface area contributed by atoms with Crippen LogP contribution in [0, 0.1) is 5.92 Å². The van der Waals surface area contributed by atoms with E-state index in [0.29, 0.717) is 25.4 Å². The number of likely N-dealkylation sites (tertiary alicyclic amines) is 2. The van der Waals surface area contributed by atoms with E-state index in [1.807, 2.05) is 53.4 Å². The van der Waals surface area contributed by atoms with Crippen molar-refractivity contribution in [3.05, 3.63) is 71.8 Å². The summed E-state index contributed by atoms with van der Waals surface area (Å²) in [5.41, 5.74) is 2.31. The predicted octanol–water partition coefficient (Wildman–Crippen LogP) is 4.98. The maximum atomic E-state index is 12.4. The van der Waals surface area contributed by atoms with Crippen LogP contribution in [0.1, 0.15) is 56.1 Å². The lowest BCUT2D eigenvalue weighted by molar-refractivity contribution is -0.153. The lowest BCUT2D eigenvalue weighted by Gasteiger charge is -2.23. The third-order valence-corrected chi connectivity index (χ3v) is 6.70. The molecule has 0 saturated carbocycles. The molecule has 1 atom stereocenters. The fourth-order valence-corrected chi connectivity index (χ4v) is 4.52. The third kappa shape index (κ3) is 11.5. The van der Waals surface area contributed by atoms with E-state index in [4.69, 9.17) is 4.74 Å². The van der Waals surface area contributed by atoms with Crippen molar-refractivity contribution in [3.8, 4) is 0 Å². The number of hydrogen-bond donors (Lipinski definition) is 0. The van der Waals surface area contributed by atoms with Crippen LogP contribution in [0.5, 0.6) is 0 Å². The number of hydrogen-bond acceptors (Lipinski definition) is 7. The highest BCUT2D eigenvalue weighted by Crippen LogP contribution is 2.21. The van der Waals surface area contributed by atoms with Crippen molar-refractivity contribution in [3.63, 3.8) is 0 Å². The molecule has 0 radical (unpaired) electrons. The Hall–Kier alpha value is -3.88. The van der Waals surface area contributed by atoms with E-state index in [9.17, 15) is 19.2 Å². The first-order chi connectivity index (χ1) is 19.4. The summed E-state index contributed by atoms with van der Waals surface area (Å²) >= 11 is 0. The van der Waals surface area contributed by atoms with Crippen molar-refractivity contribution in [2.24, 2.45) is 5.92 Å². The number of carbonyl (C=O) groups is 4. The summed E-state index contributed by atoms with van der Waals surface area (Å²) in [5.74, 6) is -0.828. The normalized spacial score (nSPS) is 17.1. The molecule has 2 amide bonds. The summed E-state index contributed by atoms with van der Waals surface area (Å²) in [6.07, 6.45) is 5.89. The second kappa shape index (κ2) is 18.4. The monoisotopic (exact) mass is 554 g/mol. The lowest BCUT2D eigenvalue weighted by Crippen LogP contribution is -2.38. The van der Waals surface area contributed by atoms with Crippen molar-refractivity contribution in [2.45, 2.75) is 58.0 Å². The quantitative estimate of drug-likeness (QED) is 0.380. The molecule has 2 aliphatic rings. The van der Waals surface area contributed by atoms with E-state index < -0.39 is 18.0 Å². The lowest BCUT2D eigenvalue weighted by atomic mass is 10.0. The second-order valence-electron chi connectivity index (χ2n) is 9.59. The molecule has 0 aromatic heterocycles. The van der Waals surface area contributed by atoms with Crippen molar-refractivity contribution >= 4 is 23.9 Å². The van der Waals surface area contributed by atoms with Gasteiger partial charge in [-0.25, -0.2) is 4.79 Å². The van der Waals surface area contributed by atoms with Crippen molar-refractivity contribution in [1.29, 1.82) is 0 Å². The summed E-state index contributed by atoms with van der Waals surface area (Å²) in [6.45, 7) is 2.97. The van der Waals surface area contributed by atoms with Gasteiger partial charge in [-0.15, -0.1) is 0 Å². The zero-order valence-electron chi connectivity index (χ0n) is 23.9. The Morgan fingerprint density at radius 1 is 0.700 bits per heavy atom. The van der Waals surface area contributed by atoms with Crippen LogP contribution in [0.4, 0.5) is 4.79 Å². The van der Waals surface area contributed by atoms with Gasteiger partial charge in [0.25, 0.3) is 0 Å². The van der Waals surface area contributed by atoms with Gasteiger partial charge in [0.1, 0.15) is 5.92 Å². The molecule has 0 aliphatic carbocycles. The molecule has 9 nitrogen and oxygen atoms in total. The van der Waals surface area contributed by atoms with Gasteiger partial charge in [0.2, 0.25) is 11.8 Å². The van der Waals surface area contributed by atoms with Crippen molar-refractivity contribution in [2.75, 3.05) is 34.4 Å². The van der Waals surface area contributed by atoms with E-state index in [0.717, 1.165) is 50.8 Å². The topological polar surface area (TPSA) is 102 Å². The van der Waals surface area contributed by atoms with Crippen LogP contribution >= 0.6 is 0 Å². The minimum atomic E-state index is -0.657. The Morgan fingerprint density at radius 2 is 1.23 bits per heavy atom. The van der Waals surface area contributed by atoms with Crippen LogP contribution in [-0.4, -0.2) is 68.2 Å². The van der Waals surface area contributed by atoms with Gasteiger partial charge in [-0.05, 0) is 36.8 Å². The molecule has 2 saturated heterocycles. The first-order valence-electron chi connectivity index (χ1n) is 13.7. The number of carbonyl (C=O) groups excluding carboxylic acids is 4. The fourth-order valence-electron chi connectivity index (χ4n) is 4.52. The van der Waals surface area contributed by atoms with Crippen LogP contribution in [0.3, 0.4) is 0 Å². The molecular weight excluding hydrogens is 512 g/mol. The Balaban J connectivity index is 0.000000238. The molecule has 218 valence electrons. The number of nitrogens with zero attached hydrogens (tertiary/aromatic N) is 2. The van der Waals surface area contributed by atoms with E-state index >= 15 is 0 Å². The molecule has 9 heteroatoms. The SMILES string of the molecule is COC(=O)C1CCCCN(Cc2ccccc2)C1=O.COC(=O)OC.O=C1CCCCCN1Cc1ccccc1. The van der Waals surface area contributed by atoms with E-state index in [1.165, 1.54) is 33.3 Å². The van der Waals surface area contributed by atoms with E-state index in [1.54, 1.807) is 4.90 Å². The van der Waals surface area contributed by atoms with Crippen LogP contribution in [0.2, 0.25) is 0 Å².